The Morgan fingerprint density at radius 1 is 1.64 bits per heavy atom. The van der Waals surface area contributed by atoms with Gasteiger partial charge in [0.05, 0.1) is 6.54 Å². The van der Waals surface area contributed by atoms with E-state index in [1.54, 1.807) is 0 Å². The average Bonchev–Trinajstić information content (AvgIpc) is 2.09. The Kier molecular flexibility index (Phi) is 2.73. The second-order valence-corrected chi connectivity index (χ2v) is 3.26. The lowest BCUT2D eigenvalue weighted by Gasteiger charge is -2.40. The maximum absolute atomic E-state index is 11.3. The van der Waals surface area contributed by atoms with Crippen molar-refractivity contribution in [1.29, 1.82) is 0 Å². The summed E-state index contributed by atoms with van der Waals surface area (Å²) in [7, 11) is 0. The quantitative estimate of drug-likeness (QED) is 0.560. The van der Waals surface area contributed by atoms with Crippen LogP contribution in [0.2, 0.25) is 0 Å². The standard InChI is InChI=1S/C8H12N2O4/c1-4(8(13)14)10-3-6(7(10)12)9-5(2)11/h4,6H,3H2,1-2H3,(H,9,11)(H,13,14). The lowest BCUT2D eigenvalue weighted by Crippen LogP contribution is -2.67. The van der Waals surface area contributed by atoms with Crippen molar-refractivity contribution in [2.45, 2.75) is 25.9 Å². The van der Waals surface area contributed by atoms with Gasteiger partial charge in [0.15, 0.2) is 0 Å². The highest BCUT2D eigenvalue weighted by molar-refractivity contribution is 5.94. The van der Waals surface area contributed by atoms with Crippen molar-refractivity contribution in [2.75, 3.05) is 6.54 Å². The topological polar surface area (TPSA) is 86.7 Å². The van der Waals surface area contributed by atoms with Crippen LogP contribution in [0.15, 0.2) is 0 Å². The molecule has 0 aliphatic carbocycles. The Balaban J connectivity index is 2.48. The highest BCUT2D eigenvalue weighted by Gasteiger charge is 2.41. The van der Waals surface area contributed by atoms with Crippen molar-refractivity contribution < 1.29 is 19.5 Å². The summed E-state index contributed by atoms with van der Waals surface area (Å²) in [6.45, 7) is 3.02. The van der Waals surface area contributed by atoms with Gasteiger partial charge in [0, 0.05) is 6.92 Å². The number of amides is 2. The maximum atomic E-state index is 11.3. The van der Waals surface area contributed by atoms with Crippen LogP contribution in [0.3, 0.4) is 0 Å². The minimum Gasteiger partial charge on any atom is -0.480 e. The Hall–Kier alpha value is -1.59. The van der Waals surface area contributed by atoms with Gasteiger partial charge >= 0.3 is 5.97 Å². The molecule has 1 rings (SSSR count). The first-order valence-electron chi connectivity index (χ1n) is 4.24. The molecule has 78 valence electrons. The third-order valence-electron chi connectivity index (χ3n) is 2.16. The van der Waals surface area contributed by atoms with Crippen molar-refractivity contribution in [3.63, 3.8) is 0 Å². The molecule has 0 aromatic rings. The van der Waals surface area contributed by atoms with E-state index < -0.39 is 18.1 Å². The van der Waals surface area contributed by atoms with Crippen LogP contribution in [0.4, 0.5) is 0 Å². The fraction of sp³-hybridized carbons (Fsp3) is 0.625. The zero-order valence-corrected chi connectivity index (χ0v) is 7.98. The van der Waals surface area contributed by atoms with Crippen LogP contribution in [-0.4, -0.2) is 46.4 Å². The van der Waals surface area contributed by atoms with Crippen LogP contribution >= 0.6 is 0 Å². The monoisotopic (exact) mass is 200 g/mol. The number of hydrogen-bond donors (Lipinski definition) is 2. The summed E-state index contributed by atoms with van der Waals surface area (Å²) in [5, 5.41) is 11.1. The number of β-lactam (4-membered cyclic amide) rings is 1. The van der Waals surface area contributed by atoms with Gasteiger partial charge in [0.2, 0.25) is 11.8 Å². The van der Waals surface area contributed by atoms with Gasteiger partial charge in [-0.15, -0.1) is 0 Å². The van der Waals surface area contributed by atoms with Crippen LogP contribution < -0.4 is 5.32 Å². The first-order chi connectivity index (χ1) is 6.43. The number of aliphatic carboxylic acids is 1. The molecule has 1 aliphatic heterocycles. The van der Waals surface area contributed by atoms with Gasteiger partial charge in [-0.1, -0.05) is 0 Å². The van der Waals surface area contributed by atoms with Crippen LogP contribution in [0.1, 0.15) is 13.8 Å². The van der Waals surface area contributed by atoms with Crippen LogP contribution in [-0.2, 0) is 14.4 Å². The van der Waals surface area contributed by atoms with E-state index in [9.17, 15) is 14.4 Å². The third kappa shape index (κ3) is 1.84. The number of carboxylic acids is 1. The number of nitrogens with zero attached hydrogens (tertiary/aromatic N) is 1. The molecule has 0 saturated carbocycles. The summed E-state index contributed by atoms with van der Waals surface area (Å²) >= 11 is 0. The van der Waals surface area contributed by atoms with Gasteiger partial charge in [-0.25, -0.2) is 4.79 Å². The fourth-order valence-electron chi connectivity index (χ4n) is 1.29. The summed E-state index contributed by atoms with van der Waals surface area (Å²) in [4.78, 5) is 33.6. The number of hydrogen-bond acceptors (Lipinski definition) is 3. The molecule has 0 radical (unpaired) electrons. The van der Waals surface area contributed by atoms with E-state index >= 15 is 0 Å². The largest absolute Gasteiger partial charge is 0.480 e. The molecule has 2 unspecified atom stereocenters. The Bertz CT molecular complexity index is 289. The second kappa shape index (κ2) is 3.65. The zero-order chi connectivity index (χ0) is 10.9. The predicted molar refractivity (Wildman–Crippen MR) is 46.4 cm³/mol. The normalized spacial score (nSPS) is 22.6. The van der Waals surface area contributed by atoms with E-state index in [2.05, 4.69) is 5.32 Å². The van der Waals surface area contributed by atoms with Crippen molar-refractivity contribution in [2.24, 2.45) is 0 Å². The molecule has 2 atom stereocenters. The van der Waals surface area contributed by atoms with Gasteiger partial charge < -0.3 is 15.3 Å². The Labute approximate surface area is 80.9 Å². The van der Waals surface area contributed by atoms with Crippen molar-refractivity contribution >= 4 is 17.8 Å². The molecule has 1 saturated heterocycles. The summed E-state index contributed by atoms with van der Waals surface area (Å²) in [5.41, 5.74) is 0. The molecule has 1 fully saturated rings. The molecule has 1 heterocycles. The molecule has 0 aromatic carbocycles. The van der Waals surface area contributed by atoms with Crippen molar-refractivity contribution in [3.05, 3.63) is 0 Å². The number of carbonyl (C=O) groups excluding carboxylic acids is 2. The Morgan fingerprint density at radius 2 is 2.21 bits per heavy atom. The summed E-state index contributed by atoms with van der Waals surface area (Å²) in [5.74, 6) is -1.67. The fourth-order valence-corrected chi connectivity index (χ4v) is 1.29. The Morgan fingerprint density at radius 3 is 2.57 bits per heavy atom. The molecular weight excluding hydrogens is 188 g/mol. The van der Waals surface area contributed by atoms with Gasteiger partial charge in [0.1, 0.15) is 12.1 Å². The SMILES string of the molecule is CC(=O)NC1CN(C(C)C(=O)O)C1=O. The highest BCUT2D eigenvalue weighted by Crippen LogP contribution is 2.14. The molecular formula is C8H12N2O4. The predicted octanol–water partition coefficient (Wildman–Crippen LogP) is -1.19. The van der Waals surface area contributed by atoms with E-state index in [1.807, 2.05) is 0 Å². The van der Waals surface area contributed by atoms with E-state index in [4.69, 9.17) is 5.11 Å². The molecule has 0 bridgehead atoms. The van der Waals surface area contributed by atoms with Crippen LogP contribution in [0.5, 0.6) is 0 Å². The summed E-state index contributed by atoms with van der Waals surface area (Å²) in [6.07, 6.45) is 0. The van der Waals surface area contributed by atoms with Gasteiger partial charge in [-0.3, -0.25) is 9.59 Å². The number of nitrogens with one attached hydrogen (secondary N) is 1. The van der Waals surface area contributed by atoms with Crippen molar-refractivity contribution in [1.82, 2.24) is 10.2 Å². The van der Waals surface area contributed by atoms with E-state index in [0.717, 1.165) is 0 Å². The molecule has 0 aromatic heterocycles. The summed E-state index contributed by atoms with van der Waals surface area (Å²) < 4.78 is 0. The third-order valence-corrected chi connectivity index (χ3v) is 2.16. The number of carboxylic acid groups (broad SMARTS) is 1. The van der Waals surface area contributed by atoms with E-state index in [1.165, 1.54) is 18.7 Å². The van der Waals surface area contributed by atoms with E-state index in [0.29, 0.717) is 0 Å². The van der Waals surface area contributed by atoms with E-state index in [-0.39, 0.29) is 18.4 Å². The van der Waals surface area contributed by atoms with Crippen LogP contribution in [0.25, 0.3) is 0 Å². The molecule has 6 nitrogen and oxygen atoms in total. The smallest absolute Gasteiger partial charge is 0.326 e. The number of carbonyl (C=O) groups is 3. The number of likely N-dealkylation sites (tertiary alicyclic amines) is 1. The molecule has 2 amide bonds. The highest BCUT2D eigenvalue weighted by atomic mass is 16.4. The summed E-state index contributed by atoms with van der Waals surface area (Å²) in [6, 6.07) is -1.37. The zero-order valence-electron chi connectivity index (χ0n) is 7.98. The first kappa shape index (κ1) is 10.5. The first-order valence-corrected chi connectivity index (χ1v) is 4.24. The minimum atomic E-state index is -1.04. The lowest BCUT2D eigenvalue weighted by atomic mass is 10.0. The molecule has 14 heavy (non-hydrogen) atoms. The van der Waals surface area contributed by atoms with Gasteiger partial charge in [-0.2, -0.15) is 0 Å². The molecule has 6 heteroatoms. The lowest BCUT2D eigenvalue weighted by molar-refractivity contribution is -0.158. The molecule has 2 N–H and O–H groups in total. The average molecular weight is 200 g/mol. The molecule has 1 aliphatic rings. The second-order valence-electron chi connectivity index (χ2n) is 3.26. The minimum absolute atomic E-state index is 0.270. The van der Waals surface area contributed by atoms with Crippen LogP contribution in [0, 0.1) is 0 Å². The number of rotatable bonds is 3. The van der Waals surface area contributed by atoms with Gasteiger partial charge in [-0.05, 0) is 6.92 Å². The van der Waals surface area contributed by atoms with Crippen molar-refractivity contribution in [3.8, 4) is 0 Å². The molecule has 0 spiro atoms. The van der Waals surface area contributed by atoms with Gasteiger partial charge in [0.25, 0.3) is 0 Å². The maximum Gasteiger partial charge on any atom is 0.326 e.